The topological polar surface area (TPSA) is 54.1 Å². The second kappa shape index (κ2) is 6.74. The number of benzene rings is 2. The monoisotopic (exact) mass is 402 g/mol. The summed E-state index contributed by atoms with van der Waals surface area (Å²) < 4.78 is 43.5. The predicted molar refractivity (Wildman–Crippen MR) is 94.3 cm³/mol. The molecule has 0 saturated heterocycles. The van der Waals surface area contributed by atoms with E-state index in [-0.39, 0.29) is 21.4 Å². The number of ether oxygens (including phenoxy) is 1. The van der Waals surface area contributed by atoms with E-state index in [1.54, 1.807) is 0 Å². The maximum atomic E-state index is 12.8. The Hall–Kier alpha value is -2.38. The van der Waals surface area contributed by atoms with Crippen LogP contribution in [-0.2, 0) is 6.18 Å². The average molecular weight is 403 g/mol. The molecule has 0 aliphatic rings. The lowest BCUT2D eigenvalue weighted by molar-refractivity contribution is -0.140. The van der Waals surface area contributed by atoms with Gasteiger partial charge in [-0.3, -0.25) is 4.79 Å². The highest BCUT2D eigenvalue weighted by atomic mass is 35.5. The second-order valence-electron chi connectivity index (χ2n) is 5.37. The molecule has 2 aromatic carbocycles. The molecule has 0 radical (unpaired) electrons. The van der Waals surface area contributed by atoms with Crippen LogP contribution in [0.5, 0.6) is 5.75 Å². The van der Waals surface area contributed by atoms with Gasteiger partial charge < -0.3 is 15.0 Å². The fraction of sp³-hybridized carbons (Fsp3) is 0.118. The number of aromatic amines is 1. The van der Waals surface area contributed by atoms with Crippen LogP contribution in [0.4, 0.5) is 18.9 Å². The van der Waals surface area contributed by atoms with Crippen molar-refractivity contribution in [3.8, 4) is 5.75 Å². The van der Waals surface area contributed by atoms with Crippen LogP contribution < -0.4 is 10.1 Å². The number of rotatable bonds is 3. The van der Waals surface area contributed by atoms with Gasteiger partial charge in [-0.25, -0.2) is 0 Å². The number of halogens is 5. The Morgan fingerprint density at radius 3 is 2.46 bits per heavy atom. The maximum Gasteiger partial charge on any atom is 0.431 e. The van der Waals surface area contributed by atoms with Crippen molar-refractivity contribution in [3.63, 3.8) is 0 Å². The molecule has 2 N–H and O–H groups in total. The first kappa shape index (κ1) is 18.4. The van der Waals surface area contributed by atoms with Gasteiger partial charge in [-0.15, -0.1) is 0 Å². The van der Waals surface area contributed by atoms with Crippen LogP contribution in [0.15, 0.2) is 36.4 Å². The molecule has 0 aliphatic heterocycles. The first-order chi connectivity index (χ1) is 12.2. The molecule has 0 saturated carbocycles. The molecule has 0 atom stereocenters. The lowest BCUT2D eigenvalue weighted by atomic mass is 10.1. The summed E-state index contributed by atoms with van der Waals surface area (Å²) >= 11 is 12.1. The molecule has 1 heterocycles. The van der Waals surface area contributed by atoms with Crippen LogP contribution in [0.2, 0.25) is 10.0 Å². The fourth-order valence-electron chi connectivity index (χ4n) is 2.50. The molecule has 1 amide bonds. The number of nitrogens with one attached hydrogen (secondary N) is 2. The van der Waals surface area contributed by atoms with Crippen LogP contribution in [0, 0.1) is 0 Å². The molecule has 0 spiro atoms. The van der Waals surface area contributed by atoms with E-state index in [2.05, 4.69) is 10.3 Å². The summed E-state index contributed by atoms with van der Waals surface area (Å²) in [5.74, 6) is -0.487. The fourth-order valence-corrected chi connectivity index (χ4v) is 2.97. The average Bonchev–Trinajstić information content (AvgIpc) is 3.00. The van der Waals surface area contributed by atoms with E-state index in [0.717, 1.165) is 6.07 Å². The molecule has 1 aromatic heterocycles. The van der Waals surface area contributed by atoms with E-state index in [1.807, 2.05) is 0 Å². The third-order valence-electron chi connectivity index (χ3n) is 3.67. The maximum absolute atomic E-state index is 12.8. The summed E-state index contributed by atoms with van der Waals surface area (Å²) in [6.45, 7) is 0. The lowest BCUT2D eigenvalue weighted by Gasteiger charge is -2.12. The summed E-state index contributed by atoms with van der Waals surface area (Å²) in [5, 5.41) is 3.23. The van der Waals surface area contributed by atoms with E-state index in [1.165, 1.54) is 37.4 Å². The van der Waals surface area contributed by atoms with Gasteiger partial charge in [-0.1, -0.05) is 23.2 Å². The number of amides is 1. The first-order valence-corrected chi connectivity index (χ1v) is 7.99. The van der Waals surface area contributed by atoms with Gasteiger partial charge in [-0.05, 0) is 36.4 Å². The number of carbonyl (C=O) groups excluding carboxylic acids is 1. The molecule has 9 heteroatoms. The zero-order valence-electron chi connectivity index (χ0n) is 13.2. The Labute approximate surface area is 155 Å². The highest BCUT2D eigenvalue weighted by Gasteiger charge is 2.32. The van der Waals surface area contributed by atoms with E-state index >= 15 is 0 Å². The molecule has 4 nitrogen and oxygen atoms in total. The van der Waals surface area contributed by atoms with Crippen LogP contribution in [0.3, 0.4) is 0 Å². The number of anilines is 1. The van der Waals surface area contributed by atoms with Gasteiger partial charge in [0.25, 0.3) is 5.91 Å². The molecule has 0 unspecified atom stereocenters. The summed E-state index contributed by atoms with van der Waals surface area (Å²) in [7, 11) is 1.35. The number of carbonyl (C=O) groups is 1. The summed E-state index contributed by atoms with van der Waals surface area (Å²) in [6.07, 6.45) is -4.48. The van der Waals surface area contributed by atoms with Crippen molar-refractivity contribution >= 4 is 45.7 Å². The normalized spacial score (nSPS) is 11.6. The van der Waals surface area contributed by atoms with Gasteiger partial charge in [0.15, 0.2) is 5.75 Å². The van der Waals surface area contributed by atoms with E-state index in [0.29, 0.717) is 16.6 Å². The number of alkyl halides is 3. The van der Waals surface area contributed by atoms with Crippen molar-refractivity contribution < 1.29 is 22.7 Å². The number of fused-ring (bicyclic) bond motifs is 1. The van der Waals surface area contributed by atoms with Crippen molar-refractivity contribution in [1.82, 2.24) is 4.98 Å². The number of hydrogen-bond donors (Lipinski definition) is 2. The van der Waals surface area contributed by atoms with Gasteiger partial charge in [-0.2, -0.15) is 13.2 Å². The van der Waals surface area contributed by atoms with Gasteiger partial charge in [0.05, 0.1) is 17.2 Å². The second-order valence-corrected chi connectivity index (χ2v) is 6.19. The zero-order chi connectivity index (χ0) is 19.1. The van der Waals surface area contributed by atoms with Crippen LogP contribution in [-0.4, -0.2) is 18.0 Å². The molecule has 3 rings (SSSR count). The SMILES string of the molecule is COc1c(Cl)ccc(Cl)c1C(=O)Nc1ccc2[nH]c(C(F)(F)F)cc2c1. The van der Waals surface area contributed by atoms with Gasteiger partial charge in [0, 0.05) is 16.6 Å². The minimum Gasteiger partial charge on any atom is -0.494 e. The molecular formula is C17H11Cl2F3N2O2. The highest BCUT2D eigenvalue weighted by Crippen LogP contribution is 2.35. The smallest absolute Gasteiger partial charge is 0.431 e. The minimum absolute atomic E-state index is 0.0341. The van der Waals surface area contributed by atoms with Crippen molar-refractivity contribution in [2.75, 3.05) is 12.4 Å². The van der Waals surface area contributed by atoms with Crippen molar-refractivity contribution in [3.05, 3.63) is 57.7 Å². The van der Waals surface area contributed by atoms with Crippen molar-refractivity contribution in [1.29, 1.82) is 0 Å². The van der Waals surface area contributed by atoms with Gasteiger partial charge in [0.1, 0.15) is 11.3 Å². The quantitative estimate of drug-likeness (QED) is 0.585. The largest absolute Gasteiger partial charge is 0.494 e. The Morgan fingerprint density at radius 1 is 1.12 bits per heavy atom. The number of H-pyrrole nitrogens is 1. The molecule has 0 aliphatic carbocycles. The minimum atomic E-state index is -4.48. The molecule has 3 aromatic rings. The lowest BCUT2D eigenvalue weighted by Crippen LogP contribution is -2.14. The Morgan fingerprint density at radius 2 is 1.81 bits per heavy atom. The standard InChI is InChI=1S/C17H11Cl2F3N2O2/c1-26-15-11(19)4-3-10(18)14(15)16(25)23-9-2-5-12-8(6-9)7-13(24-12)17(20,21)22/h2-7,24H,1H3,(H,23,25). The highest BCUT2D eigenvalue weighted by molar-refractivity contribution is 6.37. The number of hydrogen-bond acceptors (Lipinski definition) is 2. The third-order valence-corrected chi connectivity index (χ3v) is 4.29. The van der Waals surface area contributed by atoms with Crippen molar-refractivity contribution in [2.45, 2.75) is 6.18 Å². The molecule has 26 heavy (non-hydrogen) atoms. The summed E-state index contributed by atoms with van der Waals surface area (Å²) in [4.78, 5) is 14.8. The first-order valence-electron chi connectivity index (χ1n) is 7.24. The molecule has 0 fully saturated rings. The Balaban J connectivity index is 1.94. The zero-order valence-corrected chi connectivity index (χ0v) is 14.7. The van der Waals surface area contributed by atoms with Gasteiger partial charge in [0.2, 0.25) is 0 Å². The Kier molecular flexibility index (Phi) is 4.77. The van der Waals surface area contributed by atoms with E-state index in [4.69, 9.17) is 27.9 Å². The summed E-state index contributed by atoms with van der Waals surface area (Å²) in [6, 6.07) is 8.25. The molecule has 136 valence electrons. The molecule has 0 bridgehead atoms. The third kappa shape index (κ3) is 3.45. The number of methoxy groups -OCH3 is 1. The van der Waals surface area contributed by atoms with Gasteiger partial charge >= 0.3 is 6.18 Å². The van der Waals surface area contributed by atoms with E-state index in [9.17, 15) is 18.0 Å². The van der Waals surface area contributed by atoms with Crippen molar-refractivity contribution in [2.24, 2.45) is 0 Å². The Bertz CT molecular complexity index is 1000. The van der Waals surface area contributed by atoms with Crippen LogP contribution in [0.25, 0.3) is 10.9 Å². The predicted octanol–water partition coefficient (Wildman–Crippen LogP) is 5.75. The van der Waals surface area contributed by atoms with E-state index < -0.39 is 17.8 Å². The summed E-state index contributed by atoms with van der Waals surface area (Å²) in [5.41, 5.74) is -0.232. The van der Waals surface area contributed by atoms with Crippen LogP contribution >= 0.6 is 23.2 Å². The molecular weight excluding hydrogens is 392 g/mol. The number of aromatic nitrogens is 1. The van der Waals surface area contributed by atoms with Crippen LogP contribution in [0.1, 0.15) is 16.1 Å².